The third-order valence-electron chi connectivity index (χ3n) is 3.10. The molecule has 0 spiro atoms. The molecular weight excluding hydrogens is 250 g/mol. The van der Waals surface area contributed by atoms with Gasteiger partial charge in [0, 0.05) is 19.7 Å². The second kappa shape index (κ2) is 6.02. The van der Waals surface area contributed by atoms with Crippen LogP contribution in [0.25, 0.3) is 0 Å². The summed E-state index contributed by atoms with van der Waals surface area (Å²) in [4.78, 5) is 9.60. The van der Waals surface area contributed by atoms with E-state index in [2.05, 4.69) is 47.3 Å². The van der Waals surface area contributed by atoms with E-state index in [1.807, 2.05) is 6.19 Å². The van der Waals surface area contributed by atoms with Gasteiger partial charge >= 0.3 is 0 Å². The van der Waals surface area contributed by atoms with E-state index in [9.17, 15) is 0 Å². The van der Waals surface area contributed by atoms with Crippen molar-refractivity contribution in [3.63, 3.8) is 0 Å². The van der Waals surface area contributed by atoms with Crippen LogP contribution in [-0.2, 0) is 6.54 Å². The highest BCUT2D eigenvalue weighted by atomic mass is 15.2. The van der Waals surface area contributed by atoms with E-state index in [0.717, 1.165) is 0 Å². The summed E-state index contributed by atoms with van der Waals surface area (Å²) in [5, 5.41) is 12.1. The normalized spacial score (nSPS) is 9.90. The van der Waals surface area contributed by atoms with Crippen molar-refractivity contribution in [2.24, 2.45) is 0 Å². The average molecular weight is 267 g/mol. The molecular formula is C15H17N5. The van der Waals surface area contributed by atoms with Crippen LogP contribution in [0.1, 0.15) is 16.7 Å². The lowest BCUT2D eigenvalue weighted by Gasteiger charge is -2.11. The summed E-state index contributed by atoms with van der Waals surface area (Å²) in [5.74, 6) is 1.28. The van der Waals surface area contributed by atoms with Gasteiger partial charge in [0.05, 0.1) is 0 Å². The van der Waals surface area contributed by atoms with E-state index < -0.39 is 0 Å². The van der Waals surface area contributed by atoms with Gasteiger partial charge in [-0.25, -0.2) is 9.97 Å². The van der Waals surface area contributed by atoms with Crippen LogP contribution < -0.4 is 10.2 Å². The molecule has 2 aromatic rings. The van der Waals surface area contributed by atoms with Crippen molar-refractivity contribution >= 4 is 11.6 Å². The van der Waals surface area contributed by atoms with Gasteiger partial charge in [0.15, 0.2) is 6.19 Å². The summed E-state index contributed by atoms with van der Waals surface area (Å²) >= 11 is 0. The Balaban J connectivity index is 2.09. The van der Waals surface area contributed by atoms with Gasteiger partial charge < -0.3 is 5.32 Å². The fourth-order valence-corrected chi connectivity index (χ4v) is 1.91. The molecule has 2 rings (SSSR count). The minimum Gasteiger partial charge on any atom is -0.366 e. The van der Waals surface area contributed by atoms with Crippen LogP contribution >= 0.6 is 0 Å². The van der Waals surface area contributed by atoms with Crippen LogP contribution in [0.2, 0.25) is 0 Å². The van der Waals surface area contributed by atoms with E-state index in [1.54, 1.807) is 13.1 Å². The minimum atomic E-state index is 0.575. The number of benzene rings is 1. The summed E-state index contributed by atoms with van der Waals surface area (Å²) in [6, 6.07) is 8.12. The first kappa shape index (κ1) is 13.8. The van der Waals surface area contributed by atoms with E-state index >= 15 is 0 Å². The third-order valence-corrected chi connectivity index (χ3v) is 3.10. The van der Waals surface area contributed by atoms with Gasteiger partial charge in [0.25, 0.3) is 0 Å². The minimum absolute atomic E-state index is 0.575. The first-order chi connectivity index (χ1) is 9.60. The topological polar surface area (TPSA) is 64.8 Å². The number of nitrogens with zero attached hydrogens (tertiary/aromatic N) is 4. The van der Waals surface area contributed by atoms with E-state index in [4.69, 9.17) is 5.26 Å². The van der Waals surface area contributed by atoms with Crippen LogP contribution in [0.3, 0.4) is 0 Å². The van der Waals surface area contributed by atoms with Gasteiger partial charge in [-0.2, -0.15) is 5.26 Å². The standard InChI is InChI=1S/C15H17N5/c1-11-4-5-13(12(2)6-11)8-17-14-7-15(19-10-18-14)20(3)9-16/h4-7,10H,8H2,1-3H3,(H,17,18,19). The summed E-state index contributed by atoms with van der Waals surface area (Å²) in [6.07, 6.45) is 3.46. The van der Waals surface area contributed by atoms with Crippen molar-refractivity contribution in [1.29, 1.82) is 5.26 Å². The summed E-state index contributed by atoms with van der Waals surface area (Å²) in [6.45, 7) is 4.87. The second-order valence-corrected chi connectivity index (χ2v) is 4.70. The van der Waals surface area contributed by atoms with Crippen LogP contribution in [0.15, 0.2) is 30.6 Å². The molecule has 0 saturated carbocycles. The second-order valence-electron chi connectivity index (χ2n) is 4.70. The summed E-state index contributed by atoms with van der Waals surface area (Å²) < 4.78 is 0. The molecule has 20 heavy (non-hydrogen) atoms. The molecule has 0 aliphatic heterocycles. The lowest BCUT2D eigenvalue weighted by molar-refractivity contribution is 1.04. The van der Waals surface area contributed by atoms with Crippen LogP contribution in [-0.4, -0.2) is 17.0 Å². The summed E-state index contributed by atoms with van der Waals surface area (Å²) in [7, 11) is 1.66. The molecule has 1 aromatic heterocycles. The van der Waals surface area contributed by atoms with Crippen LogP contribution in [0.4, 0.5) is 11.6 Å². The highest BCUT2D eigenvalue weighted by Gasteiger charge is 2.04. The van der Waals surface area contributed by atoms with Gasteiger partial charge in [-0.3, -0.25) is 4.90 Å². The largest absolute Gasteiger partial charge is 0.366 e. The maximum atomic E-state index is 8.84. The van der Waals surface area contributed by atoms with Gasteiger partial charge in [-0.05, 0) is 25.0 Å². The van der Waals surface area contributed by atoms with E-state index in [1.165, 1.54) is 27.9 Å². The SMILES string of the molecule is Cc1ccc(CNc2cc(N(C)C#N)ncn2)c(C)c1. The Morgan fingerprint density at radius 3 is 2.75 bits per heavy atom. The van der Waals surface area contributed by atoms with Gasteiger partial charge in [-0.15, -0.1) is 0 Å². The molecule has 0 fully saturated rings. The maximum Gasteiger partial charge on any atom is 0.185 e. The Hall–Kier alpha value is -2.61. The van der Waals surface area contributed by atoms with Gasteiger partial charge in [0.2, 0.25) is 0 Å². The number of nitriles is 1. The Bertz CT molecular complexity index is 645. The molecule has 0 atom stereocenters. The predicted molar refractivity (Wildman–Crippen MR) is 79.3 cm³/mol. The quantitative estimate of drug-likeness (QED) is 0.681. The fourth-order valence-electron chi connectivity index (χ4n) is 1.91. The highest BCUT2D eigenvalue weighted by Crippen LogP contribution is 2.15. The number of nitrogens with one attached hydrogen (secondary N) is 1. The molecule has 5 nitrogen and oxygen atoms in total. The predicted octanol–water partition coefficient (Wildman–Crippen LogP) is 2.62. The molecule has 0 aliphatic rings. The van der Waals surface area contributed by atoms with Crippen molar-refractivity contribution in [1.82, 2.24) is 9.97 Å². The molecule has 0 saturated heterocycles. The first-order valence-corrected chi connectivity index (χ1v) is 6.35. The maximum absolute atomic E-state index is 8.84. The molecule has 1 N–H and O–H groups in total. The number of aromatic nitrogens is 2. The summed E-state index contributed by atoms with van der Waals surface area (Å²) in [5.41, 5.74) is 3.73. The zero-order valence-corrected chi connectivity index (χ0v) is 11.9. The van der Waals surface area contributed by atoms with Crippen molar-refractivity contribution < 1.29 is 0 Å². The molecule has 102 valence electrons. The molecule has 0 unspecified atom stereocenters. The Labute approximate surface area is 118 Å². The van der Waals surface area contributed by atoms with Gasteiger partial charge in [0.1, 0.15) is 18.0 Å². The van der Waals surface area contributed by atoms with Crippen LogP contribution in [0.5, 0.6) is 0 Å². The van der Waals surface area contributed by atoms with Crippen molar-refractivity contribution in [3.8, 4) is 6.19 Å². The zero-order chi connectivity index (χ0) is 14.5. The fraction of sp³-hybridized carbons (Fsp3) is 0.267. The number of hydrogen-bond acceptors (Lipinski definition) is 5. The average Bonchev–Trinajstić information content (AvgIpc) is 2.46. The lowest BCUT2D eigenvalue weighted by Crippen LogP contribution is -2.11. The molecule has 0 radical (unpaired) electrons. The smallest absolute Gasteiger partial charge is 0.185 e. The lowest BCUT2D eigenvalue weighted by atomic mass is 10.1. The highest BCUT2D eigenvalue weighted by molar-refractivity contribution is 5.50. The molecule has 1 aromatic carbocycles. The van der Waals surface area contributed by atoms with Crippen LogP contribution in [0, 0.1) is 25.3 Å². The Morgan fingerprint density at radius 2 is 2.05 bits per heavy atom. The monoisotopic (exact) mass is 267 g/mol. The van der Waals surface area contributed by atoms with E-state index in [0.29, 0.717) is 18.2 Å². The van der Waals surface area contributed by atoms with Crippen molar-refractivity contribution in [2.75, 3.05) is 17.3 Å². The van der Waals surface area contributed by atoms with Crippen molar-refractivity contribution in [2.45, 2.75) is 20.4 Å². The zero-order valence-electron chi connectivity index (χ0n) is 11.9. The van der Waals surface area contributed by atoms with E-state index in [-0.39, 0.29) is 0 Å². The third kappa shape index (κ3) is 3.23. The number of aryl methyl sites for hydroxylation is 2. The molecule has 1 heterocycles. The number of anilines is 2. The Morgan fingerprint density at radius 1 is 1.25 bits per heavy atom. The number of rotatable bonds is 4. The molecule has 5 heteroatoms. The van der Waals surface area contributed by atoms with Crippen molar-refractivity contribution in [3.05, 3.63) is 47.3 Å². The van der Waals surface area contributed by atoms with Gasteiger partial charge in [-0.1, -0.05) is 23.8 Å². The number of hydrogen-bond donors (Lipinski definition) is 1. The molecule has 0 bridgehead atoms. The molecule has 0 amide bonds. The Kier molecular flexibility index (Phi) is 4.16. The molecule has 0 aliphatic carbocycles. The first-order valence-electron chi connectivity index (χ1n) is 6.35.